The summed E-state index contributed by atoms with van der Waals surface area (Å²) in [5, 5.41) is 12.6. The molecule has 242 valence electrons. The summed E-state index contributed by atoms with van der Waals surface area (Å²) in [5.74, 6) is -0.841. The number of likely N-dealkylation sites (N-methyl/N-ethyl adjacent to an activating group) is 1. The number of fused-ring (bicyclic) bond motifs is 1. The van der Waals surface area contributed by atoms with Crippen molar-refractivity contribution in [2.75, 3.05) is 53.6 Å². The number of benzene rings is 2. The summed E-state index contributed by atoms with van der Waals surface area (Å²) >= 11 is 0. The van der Waals surface area contributed by atoms with E-state index >= 15 is 0 Å². The van der Waals surface area contributed by atoms with Crippen molar-refractivity contribution in [2.24, 2.45) is 0 Å². The number of rotatable bonds is 11. The van der Waals surface area contributed by atoms with Crippen LogP contribution in [0.5, 0.6) is 0 Å². The van der Waals surface area contributed by atoms with E-state index in [4.69, 9.17) is 18.6 Å². The van der Waals surface area contributed by atoms with Gasteiger partial charge in [-0.2, -0.15) is 5.26 Å². The number of oxazole rings is 1. The molecule has 2 atom stereocenters. The highest BCUT2D eigenvalue weighted by molar-refractivity contribution is 5.83. The second-order valence-corrected chi connectivity index (χ2v) is 12.2. The minimum Gasteiger partial charge on any atom is -0.444 e. The van der Waals surface area contributed by atoms with Crippen molar-refractivity contribution in [3.8, 4) is 17.2 Å². The highest BCUT2D eigenvalue weighted by Crippen LogP contribution is 2.25. The molecule has 12 heteroatoms. The van der Waals surface area contributed by atoms with Crippen LogP contribution in [-0.4, -0.2) is 97.7 Å². The second kappa shape index (κ2) is 15.2. The Morgan fingerprint density at radius 3 is 2.58 bits per heavy atom. The third kappa shape index (κ3) is 9.41. The van der Waals surface area contributed by atoms with E-state index in [9.17, 15) is 19.6 Å². The molecule has 0 spiro atoms. The summed E-state index contributed by atoms with van der Waals surface area (Å²) in [6, 6.07) is 14.7. The van der Waals surface area contributed by atoms with Gasteiger partial charge in [-0.25, -0.2) is 9.59 Å². The molecule has 1 aliphatic heterocycles. The molecule has 1 aromatic heterocycles. The Kier molecular flexibility index (Phi) is 11.4. The van der Waals surface area contributed by atoms with E-state index in [0.717, 1.165) is 28.8 Å². The van der Waals surface area contributed by atoms with Crippen LogP contribution in [0.3, 0.4) is 0 Å². The zero-order valence-electron chi connectivity index (χ0n) is 26.7. The number of nitrogens with zero attached hydrogens (tertiary/aromatic N) is 4. The molecule has 0 radical (unpaired) electrons. The number of aromatic nitrogens is 1. The number of carbonyl (C=O) groups is 2. The second-order valence-electron chi connectivity index (χ2n) is 12.2. The van der Waals surface area contributed by atoms with Crippen LogP contribution in [0.25, 0.3) is 22.2 Å². The molecule has 0 unspecified atom stereocenters. The quantitative estimate of drug-likeness (QED) is 0.341. The number of hydrogen-bond donors (Lipinski definition) is 1. The lowest BCUT2D eigenvalue weighted by atomic mass is 10.0. The van der Waals surface area contributed by atoms with Crippen LogP contribution in [-0.2, 0) is 32.0 Å². The molecular weight excluding hydrogens is 578 g/mol. The Morgan fingerprint density at radius 1 is 1.16 bits per heavy atom. The Morgan fingerprint density at radius 2 is 1.89 bits per heavy atom. The van der Waals surface area contributed by atoms with Gasteiger partial charge in [0.1, 0.15) is 11.6 Å². The largest absolute Gasteiger partial charge is 0.444 e. The monoisotopic (exact) mass is 621 g/mol. The lowest BCUT2D eigenvalue weighted by Gasteiger charge is -2.27. The predicted octanol–water partition coefficient (Wildman–Crippen LogP) is 3.42. The topological polar surface area (TPSA) is 139 Å². The van der Waals surface area contributed by atoms with E-state index in [2.05, 4.69) is 16.3 Å². The molecule has 2 amide bonds. The number of nitrogens with one attached hydrogen (secondary N) is 1. The van der Waals surface area contributed by atoms with Gasteiger partial charge in [0.05, 0.1) is 24.7 Å². The lowest BCUT2D eigenvalue weighted by Crippen LogP contribution is -2.48. The fourth-order valence-electron chi connectivity index (χ4n) is 5.02. The maximum absolute atomic E-state index is 13.1. The third-order valence-electron chi connectivity index (χ3n) is 7.47. The summed E-state index contributed by atoms with van der Waals surface area (Å²) in [6.07, 6.45) is -0.528. The van der Waals surface area contributed by atoms with E-state index in [-0.39, 0.29) is 6.54 Å². The van der Waals surface area contributed by atoms with Gasteiger partial charge in [-0.05, 0) is 63.1 Å². The van der Waals surface area contributed by atoms with Gasteiger partial charge in [0.25, 0.3) is 5.91 Å². The van der Waals surface area contributed by atoms with Crippen molar-refractivity contribution in [1.29, 1.82) is 5.26 Å². The van der Waals surface area contributed by atoms with Crippen LogP contribution in [0.4, 0.5) is 4.79 Å². The van der Waals surface area contributed by atoms with E-state index in [1.54, 1.807) is 38.5 Å². The summed E-state index contributed by atoms with van der Waals surface area (Å²) in [7, 11) is 3.64. The number of nitriles is 1. The number of amides is 2. The van der Waals surface area contributed by atoms with Crippen molar-refractivity contribution in [3.05, 3.63) is 58.6 Å². The molecule has 4 rings (SSSR count). The standard InChI is InChI=1S/C33H43N5O7/c1-33(2,3)45-31(40)37-13-6-17-43-29(22-37)30(39)35-26(21-34)19-23-7-9-24(10-8-23)25-11-12-28-27(20-25)38(32(41)44-28)15-14-36(4)16-18-42-5/h7-12,20,26,29H,6,13-19,22H2,1-5H3,(H,35,39)/t26-,29-/m0/s1. The fraction of sp³-hybridized carbons (Fsp3) is 0.515. The van der Waals surface area contributed by atoms with Crippen LogP contribution < -0.4 is 11.1 Å². The van der Waals surface area contributed by atoms with Gasteiger partial charge < -0.3 is 33.7 Å². The Labute approximate surface area is 263 Å². The van der Waals surface area contributed by atoms with Crippen molar-refractivity contribution >= 4 is 23.1 Å². The van der Waals surface area contributed by atoms with Gasteiger partial charge >= 0.3 is 11.8 Å². The zero-order valence-corrected chi connectivity index (χ0v) is 26.7. The van der Waals surface area contributed by atoms with E-state index in [1.807, 2.05) is 43.4 Å². The average molecular weight is 622 g/mol. The third-order valence-corrected chi connectivity index (χ3v) is 7.47. The van der Waals surface area contributed by atoms with E-state index in [0.29, 0.717) is 51.3 Å². The molecule has 1 N–H and O–H groups in total. The highest BCUT2D eigenvalue weighted by atomic mass is 16.6. The average Bonchev–Trinajstić information content (AvgIpc) is 3.14. The van der Waals surface area contributed by atoms with E-state index < -0.39 is 35.5 Å². The molecule has 2 heterocycles. The maximum Gasteiger partial charge on any atom is 0.419 e. The first kappa shape index (κ1) is 33.7. The molecule has 12 nitrogen and oxygen atoms in total. The van der Waals surface area contributed by atoms with E-state index in [1.165, 1.54) is 4.90 Å². The normalized spacial score (nSPS) is 16.3. The highest BCUT2D eigenvalue weighted by Gasteiger charge is 2.31. The summed E-state index contributed by atoms with van der Waals surface area (Å²) in [6.45, 7) is 8.69. The lowest BCUT2D eigenvalue weighted by molar-refractivity contribution is -0.133. The van der Waals surface area contributed by atoms with Gasteiger partial charge in [-0.1, -0.05) is 30.3 Å². The summed E-state index contributed by atoms with van der Waals surface area (Å²) in [4.78, 5) is 41.8. The molecule has 1 saturated heterocycles. The molecule has 0 bridgehead atoms. The van der Waals surface area contributed by atoms with Crippen LogP contribution in [0.15, 0.2) is 51.7 Å². The molecule has 2 aromatic carbocycles. The van der Waals surface area contributed by atoms with Crippen LogP contribution >= 0.6 is 0 Å². The first-order valence-corrected chi connectivity index (χ1v) is 15.2. The summed E-state index contributed by atoms with van der Waals surface area (Å²) < 4.78 is 23.4. The molecule has 1 fully saturated rings. The molecule has 0 aliphatic carbocycles. The first-order valence-electron chi connectivity index (χ1n) is 15.2. The van der Waals surface area contributed by atoms with Crippen LogP contribution in [0.1, 0.15) is 32.8 Å². The molecule has 1 aliphatic rings. The van der Waals surface area contributed by atoms with Gasteiger partial charge in [0.2, 0.25) is 0 Å². The first-order chi connectivity index (χ1) is 21.5. The van der Waals surface area contributed by atoms with Gasteiger partial charge in [0, 0.05) is 46.3 Å². The minimum atomic E-state index is -0.903. The molecular formula is C33H43N5O7. The maximum atomic E-state index is 13.1. The molecule has 3 aromatic rings. The van der Waals surface area contributed by atoms with Crippen molar-refractivity contribution in [2.45, 2.75) is 57.9 Å². The van der Waals surface area contributed by atoms with Crippen molar-refractivity contribution in [1.82, 2.24) is 19.7 Å². The van der Waals surface area contributed by atoms with Crippen molar-refractivity contribution < 1.29 is 28.2 Å². The Balaban J connectivity index is 1.39. The van der Waals surface area contributed by atoms with Crippen LogP contribution in [0.2, 0.25) is 0 Å². The van der Waals surface area contributed by atoms with Gasteiger partial charge in [0.15, 0.2) is 11.7 Å². The van der Waals surface area contributed by atoms with Gasteiger partial charge in [-0.3, -0.25) is 9.36 Å². The Hall–Kier alpha value is -4.18. The molecule has 0 saturated carbocycles. The number of ether oxygens (including phenoxy) is 3. The smallest absolute Gasteiger partial charge is 0.419 e. The Bertz CT molecular complexity index is 1550. The van der Waals surface area contributed by atoms with Crippen molar-refractivity contribution in [3.63, 3.8) is 0 Å². The number of hydrogen-bond acceptors (Lipinski definition) is 9. The number of methoxy groups -OCH3 is 1. The minimum absolute atomic E-state index is 0.0486. The zero-order chi connectivity index (χ0) is 32.6. The van der Waals surface area contributed by atoms with Crippen LogP contribution in [0, 0.1) is 11.3 Å². The predicted molar refractivity (Wildman–Crippen MR) is 169 cm³/mol. The summed E-state index contributed by atoms with van der Waals surface area (Å²) in [5.41, 5.74) is 3.31. The SMILES string of the molecule is COCCN(C)CCn1c(=O)oc2ccc(-c3ccc(C[C@@H](C#N)NC(=O)[C@@H]4CN(C(=O)OC(C)(C)C)CCCO4)cc3)cc21. The van der Waals surface area contributed by atoms with Gasteiger partial charge in [-0.15, -0.1) is 0 Å². The fourth-order valence-corrected chi connectivity index (χ4v) is 5.02. The number of carbonyl (C=O) groups excluding carboxylic acids is 2. The molecule has 45 heavy (non-hydrogen) atoms.